The summed E-state index contributed by atoms with van der Waals surface area (Å²) in [4.78, 5) is 0. The predicted molar refractivity (Wildman–Crippen MR) is 107 cm³/mol. The summed E-state index contributed by atoms with van der Waals surface area (Å²) in [5, 5.41) is 0. The van der Waals surface area contributed by atoms with Gasteiger partial charge in [-0.2, -0.15) is 8.78 Å². The second-order valence-corrected chi connectivity index (χ2v) is 8.70. The van der Waals surface area contributed by atoms with Gasteiger partial charge in [0.25, 0.3) is 0 Å². The maximum atomic E-state index is 14.0. The molecule has 162 valence electrons. The lowest BCUT2D eigenvalue weighted by molar-refractivity contribution is -0.0546. The number of halogens is 4. The molecule has 1 aromatic carbocycles. The van der Waals surface area contributed by atoms with E-state index in [0.29, 0.717) is 11.5 Å². The van der Waals surface area contributed by atoms with Crippen LogP contribution in [0.2, 0.25) is 0 Å². The Hall–Kier alpha value is -1.52. The minimum Gasteiger partial charge on any atom is -0.429 e. The van der Waals surface area contributed by atoms with E-state index >= 15 is 0 Å². The highest BCUT2D eigenvalue weighted by Gasteiger charge is 2.31. The van der Waals surface area contributed by atoms with E-state index in [1.807, 2.05) is 0 Å². The molecule has 0 bridgehead atoms. The summed E-state index contributed by atoms with van der Waals surface area (Å²) in [7, 11) is 0. The molecule has 2 aliphatic carbocycles. The normalized spacial score (nSPS) is 28.2. The van der Waals surface area contributed by atoms with Crippen molar-refractivity contribution >= 4 is 0 Å². The third-order valence-electron chi connectivity index (χ3n) is 6.82. The van der Waals surface area contributed by atoms with Crippen molar-refractivity contribution in [3.8, 4) is 5.75 Å². The van der Waals surface area contributed by atoms with Crippen LogP contribution in [0.1, 0.15) is 82.6 Å². The van der Waals surface area contributed by atoms with Gasteiger partial charge in [0.05, 0.1) is 0 Å². The number of hydrogen-bond donors (Lipinski definition) is 0. The van der Waals surface area contributed by atoms with Crippen molar-refractivity contribution in [2.45, 2.75) is 83.7 Å². The monoisotopic (exact) mass is 412 g/mol. The number of allylic oxidation sites excluding steroid dienone is 2. The molecule has 0 atom stereocenters. The zero-order valence-corrected chi connectivity index (χ0v) is 17.2. The first-order valence-corrected chi connectivity index (χ1v) is 11.1. The van der Waals surface area contributed by atoms with Crippen molar-refractivity contribution in [2.75, 3.05) is 0 Å². The summed E-state index contributed by atoms with van der Waals surface area (Å²) in [6.45, 7) is -1.04. The van der Waals surface area contributed by atoms with E-state index in [9.17, 15) is 17.6 Å². The molecule has 0 aromatic heterocycles. The zero-order chi connectivity index (χ0) is 20.8. The van der Waals surface area contributed by atoms with E-state index < -0.39 is 24.0 Å². The summed E-state index contributed by atoms with van der Waals surface area (Å²) in [5.41, 5.74) is 0.560. The molecule has 0 spiro atoms. The Labute approximate surface area is 171 Å². The quantitative estimate of drug-likeness (QED) is 0.326. The molecule has 2 aliphatic rings. The predicted octanol–water partition coefficient (Wildman–Crippen LogP) is 8.00. The van der Waals surface area contributed by atoms with Crippen molar-refractivity contribution in [1.29, 1.82) is 0 Å². The van der Waals surface area contributed by atoms with Gasteiger partial charge in [0.15, 0.2) is 17.4 Å². The molecule has 1 aromatic rings. The highest BCUT2D eigenvalue weighted by molar-refractivity contribution is 5.33. The Morgan fingerprint density at radius 1 is 0.931 bits per heavy atom. The van der Waals surface area contributed by atoms with Crippen LogP contribution in [0.5, 0.6) is 5.75 Å². The van der Waals surface area contributed by atoms with Crippen molar-refractivity contribution < 1.29 is 22.3 Å². The van der Waals surface area contributed by atoms with E-state index in [1.165, 1.54) is 50.7 Å². The van der Waals surface area contributed by atoms with Crippen LogP contribution in [0.15, 0.2) is 24.3 Å². The number of benzene rings is 1. The van der Waals surface area contributed by atoms with Crippen molar-refractivity contribution in [2.24, 2.45) is 17.8 Å². The van der Waals surface area contributed by atoms with Crippen LogP contribution in [0.25, 0.3) is 0 Å². The molecule has 2 saturated carbocycles. The molecule has 0 radical (unpaired) electrons. The van der Waals surface area contributed by atoms with Gasteiger partial charge in [-0.25, -0.2) is 8.78 Å². The molecule has 2 fully saturated rings. The summed E-state index contributed by atoms with van der Waals surface area (Å²) in [5.74, 6) is -0.792. The molecular formula is C24H32F4O. The lowest BCUT2D eigenvalue weighted by Gasteiger charge is -2.37. The Kier molecular flexibility index (Phi) is 8.02. The average Bonchev–Trinajstić information content (AvgIpc) is 2.71. The fraction of sp³-hybridized carbons (Fsp3) is 0.667. The van der Waals surface area contributed by atoms with Gasteiger partial charge in [0.2, 0.25) is 0 Å². The molecule has 0 saturated heterocycles. The maximum absolute atomic E-state index is 14.0. The van der Waals surface area contributed by atoms with Crippen LogP contribution in [0.4, 0.5) is 17.6 Å². The zero-order valence-electron chi connectivity index (χ0n) is 17.2. The molecule has 29 heavy (non-hydrogen) atoms. The topological polar surface area (TPSA) is 9.23 Å². The summed E-state index contributed by atoms with van der Waals surface area (Å²) < 4.78 is 56.6. The highest BCUT2D eigenvalue weighted by atomic mass is 19.3. The van der Waals surface area contributed by atoms with E-state index in [0.717, 1.165) is 37.5 Å². The third kappa shape index (κ3) is 5.99. The van der Waals surface area contributed by atoms with Crippen molar-refractivity contribution in [1.82, 2.24) is 0 Å². The minimum absolute atomic E-state index is 0.0872. The van der Waals surface area contributed by atoms with Crippen LogP contribution in [-0.4, -0.2) is 6.61 Å². The van der Waals surface area contributed by atoms with E-state index in [1.54, 1.807) is 0 Å². The summed E-state index contributed by atoms with van der Waals surface area (Å²) in [6.07, 6.45) is 16.1. The number of hydrogen-bond acceptors (Lipinski definition) is 1. The summed E-state index contributed by atoms with van der Waals surface area (Å²) >= 11 is 0. The molecule has 5 heteroatoms. The smallest absolute Gasteiger partial charge is 0.387 e. The third-order valence-corrected chi connectivity index (χ3v) is 6.82. The van der Waals surface area contributed by atoms with Gasteiger partial charge in [0, 0.05) is 0 Å². The first-order chi connectivity index (χ1) is 14.0. The number of alkyl halides is 2. The van der Waals surface area contributed by atoms with Crippen LogP contribution < -0.4 is 4.74 Å². The second kappa shape index (κ2) is 10.5. The molecule has 0 unspecified atom stereocenters. The lowest BCUT2D eigenvalue weighted by Crippen LogP contribution is -2.25. The van der Waals surface area contributed by atoms with E-state index in [-0.39, 0.29) is 5.92 Å². The molecule has 0 heterocycles. The Balaban J connectivity index is 1.51. The van der Waals surface area contributed by atoms with Crippen LogP contribution in [-0.2, 0) is 0 Å². The number of ether oxygens (including phenoxy) is 1. The Bertz CT molecular complexity index is 648. The molecule has 0 amide bonds. The Morgan fingerprint density at radius 2 is 1.48 bits per heavy atom. The second-order valence-electron chi connectivity index (χ2n) is 8.70. The molecule has 0 aliphatic heterocycles. The molecular weight excluding hydrogens is 380 g/mol. The van der Waals surface area contributed by atoms with Crippen LogP contribution in [0.3, 0.4) is 0 Å². The molecule has 3 rings (SSSR count). The SMILES string of the molecule is CCCC=CC1CCC(C2CCC(c3cc(F)c(OC(F)F)c(F)c3)CC2)CC1. The van der Waals surface area contributed by atoms with Crippen molar-refractivity contribution in [3.63, 3.8) is 0 Å². The van der Waals surface area contributed by atoms with Crippen molar-refractivity contribution in [3.05, 3.63) is 41.5 Å². The standard InChI is InChI=1S/C24H32F4O/c1-2-3-4-5-16-6-8-17(9-7-16)18-10-12-19(13-11-18)20-14-21(25)23(22(26)15-20)29-24(27)28/h4-5,14-19,24H,2-3,6-13H2,1H3. The fourth-order valence-electron chi connectivity index (χ4n) is 5.20. The highest BCUT2D eigenvalue weighted by Crippen LogP contribution is 2.44. The van der Waals surface area contributed by atoms with Gasteiger partial charge >= 0.3 is 6.61 Å². The Morgan fingerprint density at radius 3 is 2.00 bits per heavy atom. The van der Waals surface area contributed by atoms with E-state index in [2.05, 4.69) is 23.8 Å². The maximum Gasteiger partial charge on any atom is 0.387 e. The van der Waals surface area contributed by atoms with Gasteiger partial charge in [-0.3, -0.25) is 0 Å². The van der Waals surface area contributed by atoms with E-state index in [4.69, 9.17) is 0 Å². The molecule has 0 N–H and O–H groups in total. The van der Waals surface area contributed by atoms with Gasteiger partial charge in [0.1, 0.15) is 0 Å². The van der Waals surface area contributed by atoms with Gasteiger partial charge in [-0.05, 0) is 99.2 Å². The minimum atomic E-state index is -3.24. The van der Waals surface area contributed by atoms with Crippen LogP contribution >= 0.6 is 0 Å². The number of rotatable bonds is 7. The van der Waals surface area contributed by atoms with Gasteiger partial charge in [-0.1, -0.05) is 25.5 Å². The summed E-state index contributed by atoms with van der Waals surface area (Å²) in [6, 6.07) is 2.33. The van der Waals surface area contributed by atoms with Gasteiger partial charge in [-0.15, -0.1) is 0 Å². The van der Waals surface area contributed by atoms with Crippen LogP contribution in [0, 0.1) is 29.4 Å². The van der Waals surface area contributed by atoms with Gasteiger partial charge < -0.3 is 4.74 Å². The lowest BCUT2D eigenvalue weighted by atomic mass is 9.68. The first-order valence-electron chi connectivity index (χ1n) is 11.1. The number of unbranched alkanes of at least 4 members (excludes halogenated alkanes) is 1. The largest absolute Gasteiger partial charge is 0.429 e. The first kappa shape index (κ1) is 22.2. The fourth-order valence-corrected chi connectivity index (χ4v) is 5.20. The molecule has 1 nitrogen and oxygen atoms in total. The average molecular weight is 413 g/mol.